The molecule has 1 atom stereocenters. The van der Waals surface area contributed by atoms with Gasteiger partial charge in [-0.3, -0.25) is 0 Å². The lowest BCUT2D eigenvalue weighted by Gasteiger charge is -2.20. The van der Waals surface area contributed by atoms with Gasteiger partial charge in [-0.2, -0.15) is 0 Å². The lowest BCUT2D eigenvalue weighted by atomic mass is 9.85. The third-order valence-electron chi connectivity index (χ3n) is 14.7. The van der Waals surface area contributed by atoms with Crippen LogP contribution in [0.3, 0.4) is 0 Å². The van der Waals surface area contributed by atoms with Crippen LogP contribution in [0.25, 0.3) is 0 Å². The van der Waals surface area contributed by atoms with Gasteiger partial charge in [0.15, 0.2) is 0 Å². The van der Waals surface area contributed by atoms with Crippen molar-refractivity contribution < 1.29 is 28.8 Å². The van der Waals surface area contributed by atoms with Gasteiger partial charge in [-0.15, -0.1) is 0 Å². The molecule has 0 aliphatic rings. The molecule has 0 radical (unpaired) electrons. The number of aryl methyl sites for hydroxylation is 1. The third-order valence-corrected chi connectivity index (χ3v) is 14.7. The summed E-state index contributed by atoms with van der Waals surface area (Å²) in [5, 5.41) is 18.7. The van der Waals surface area contributed by atoms with E-state index in [1.807, 2.05) is 71.9 Å². The molecule has 0 bridgehead atoms. The van der Waals surface area contributed by atoms with Crippen molar-refractivity contribution in [2.45, 2.75) is 252 Å². The summed E-state index contributed by atoms with van der Waals surface area (Å²) < 4.78 is 30.5. The molecule has 6 heteroatoms. The standard InChI is InChI=1S/C14H22O.C14H22.C13H19F.2C13H20O.C12H18O2/c1-11(2)12-6-8-13(9-7-12)15-10-14(3,4)5;1-10(2)12(5)14-8-6-13(7-9-14)11(3)4;1-9(2)10-6-7-11(12(14)8-10)13(3,4)5;1-10(2)12-7-5-11(6-8-12)9-13(3,4)14;1-5-8-14-13-7-6-12(10(2)3)9-11(13)4;1-4-14-12-7-10(9(2)3)5-6-11(12)8-13/h6-9,11H,10H2,1-5H3;6-12H,1-5H3;6-9H,1-5H3;5-8,10,14H,9H2,1-4H3;6-7,9-10H,5,8H2,1-4H3;5-7,9,13H,4,8H2,1-3H3. The Morgan fingerprint density at radius 3 is 1.26 bits per heavy atom. The highest BCUT2D eigenvalue weighted by atomic mass is 19.1. The van der Waals surface area contributed by atoms with Crippen molar-refractivity contribution in [3.63, 3.8) is 0 Å². The van der Waals surface area contributed by atoms with Crippen molar-refractivity contribution in [2.24, 2.45) is 11.3 Å². The summed E-state index contributed by atoms with van der Waals surface area (Å²) in [6.45, 7) is 57.7. The van der Waals surface area contributed by atoms with Gasteiger partial charge in [-0.25, -0.2) is 4.39 Å². The fraction of sp³-hybridized carbons (Fsp3) is 0.544. The molecule has 6 aromatic rings. The van der Waals surface area contributed by atoms with E-state index in [1.54, 1.807) is 6.07 Å². The Kier molecular flexibility index (Phi) is 34.7. The molecule has 1 unspecified atom stereocenters. The van der Waals surface area contributed by atoms with Crippen molar-refractivity contribution in [1.82, 2.24) is 0 Å². The summed E-state index contributed by atoms with van der Waals surface area (Å²) >= 11 is 0. The minimum Gasteiger partial charge on any atom is -0.493 e. The van der Waals surface area contributed by atoms with E-state index >= 15 is 0 Å². The summed E-state index contributed by atoms with van der Waals surface area (Å²) in [4.78, 5) is 0. The molecule has 0 fully saturated rings. The minimum absolute atomic E-state index is 0.0354. The topological polar surface area (TPSA) is 68.2 Å². The van der Waals surface area contributed by atoms with E-state index in [2.05, 4.69) is 229 Å². The number of rotatable bonds is 18. The number of aliphatic hydroxyl groups excluding tert-OH is 1. The van der Waals surface area contributed by atoms with Crippen molar-refractivity contribution in [1.29, 1.82) is 0 Å². The van der Waals surface area contributed by atoms with Crippen LogP contribution < -0.4 is 14.2 Å². The average Bonchev–Trinajstić information content (AvgIpc) is 3.51. The molecule has 2 N–H and O–H groups in total. The molecule has 0 amide bonds. The smallest absolute Gasteiger partial charge is 0.127 e. The van der Waals surface area contributed by atoms with Crippen LogP contribution in [0.2, 0.25) is 0 Å². The zero-order chi connectivity index (χ0) is 65.0. The van der Waals surface area contributed by atoms with Gasteiger partial charge in [-0.05, 0) is 178 Å². The highest BCUT2D eigenvalue weighted by molar-refractivity contribution is 5.39. The van der Waals surface area contributed by atoms with Gasteiger partial charge in [0.1, 0.15) is 23.1 Å². The highest BCUT2D eigenvalue weighted by Gasteiger charge is 2.19. The van der Waals surface area contributed by atoms with Crippen molar-refractivity contribution in [3.8, 4) is 17.2 Å². The van der Waals surface area contributed by atoms with Crippen LogP contribution in [-0.4, -0.2) is 35.6 Å². The lowest BCUT2D eigenvalue weighted by molar-refractivity contribution is 0.0810. The summed E-state index contributed by atoms with van der Waals surface area (Å²) in [5.74, 6) is 7.37. The predicted molar refractivity (Wildman–Crippen MR) is 368 cm³/mol. The highest BCUT2D eigenvalue weighted by Crippen LogP contribution is 2.30. The lowest BCUT2D eigenvalue weighted by Crippen LogP contribution is -2.21. The monoisotopic (exact) mass is 1170 g/mol. The first-order chi connectivity index (χ1) is 39.4. The molecule has 0 heterocycles. The molecule has 474 valence electrons. The first kappa shape index (κ1) is 77.6. The van der Waals surface area contributed by atoms with Crippen LogP contribution in [0.1, 0.15) is 282 Å². The average molecular weight is 1170 g/mol. The zero-order valence-electron chi connectivity index (χ0n) is 58.5. The second-order valence-corrected chi connectivity index (χ2v) is 28.1. The Morgan fingerprint density at radius 2 is 0.871 bits per heavy atom. The number of halogens is 1. The molecule has 0 spiro atoms. The minimum atomic E-state index is -0.612. The van der Waals surface area contributed by atoms with Crippen LogP contribution in [0.5, 0.6) is 17.2 Å². The number of hydrogen-bond acceptors (Lipinski definition) is 5. The summed E-state index contributed by atoms with van der Waals surface area (Å²) in [6, 6.07) is 44.0. The number of hydrogen-bond donors (Lipinski definition) is 2. The molecule has 6 aromatic carbocycles. The van der Waals surface area contributed by atoms with Crippen LogP contribution in [0.15, 0.2) is 127 Å². The molecule has 85 heavy (non-hydrogen) atoms. The van der Waals surface area contributed by atoms with Gasteiger partial charge >= 0.3 is 0 Å². The largest absolute Gasteiger partial charge is 0.493 e. The Hall–Kier alpha value is -5.43. The molecule has 6 rings (SSSR count). The first-order valence-corrected chi connectivity index (χ1v) is 32.0. The van der Waals surface area contributed by atoms with Gasteiger partial charge in [0.05, 0.1) is 32.0 Å². The molecule has 5 nitrogen and oxygen atoms in total. The summed E-state index contributed by atoms with van der Waals surface area (Å²) in [7, 11) is 0. The fourth-order valence-electron chi connectivity index (χ4n) is 8.59. The number of benzene rings is 6. The second kappa shape index (κ2) is 38.0. The van der Waals surface area contributed by atoms with Gasteiger partial charge in [0.2, 0.25) is 0 Å². The van der Waals surface area contributed by atoms with E-state index in [0.29, 0.717) is 54.5 Å². The Morgan fingerprint density at radius 1 is 0.459 bits per heavy atom. The molecule has 0 aliphatic heterocycles. The normalized spacial score (nSPS) is 11.9. The molecular formula is C79H121FO5. The Bertz CT molecular complexity index is 2720. The van der Waals surface area contributed by atoms with Crippen molar-refractivity contribution in [2.75, 3.05) is 19.8 Å². The predicted octanol–water partition coefficient (Wildman–Crippen LogP) is 22.8. The van der Waals surface area contributed by atoms with Crippen molar-refractivity contribution >= 4 is 0 Å². The number of aliphatic hydroxyl groups is 2. The summed E-state index contributed by atoms with van der Waals surface area (Å²) in [6.07, 6.45) is 1.77. The van der Waals surface area contributed by atoms with Crippen LogP contribution >= 0.6 is 0 Å². The van der Waals surface area contributed by atoms with E-state index in [9.17, 15) is 9.50 Å². The van der Waals surface area contributed by atoms with Crippen LogP contribution in [-0.2, 0) is 18.4 Å². The molecule has 0 saturated carbocycles. The molecule has 0 saturated heterocycles. The SMILES string of the molecule is CC(C)c1ccc(C(C)(C)C)c(F)c1.CC(C)c1ccc(C(C)C(C)C)cc1.CC(C)c1ccc(CC(C)(C)O)cc1.CC(C)c1ccc(OCC(C)(C)C)cc1.CCCOc1ccc(C(C)C)cc1C.CCOc1cc(C(C)C)ccc1CO. The maximum absolute atomic E-state index is 13.7. The molecule has 0 aromatic heterocycles. The maximum Gasteiger partial charge on any atom is 0.127 e. The fourth-order valence-corrected chi connectivity index (χ4v) is 8.59. The first-order valence-electron chi connectivity index (χ1n) is 32.0. The van der Waals surface area contributed by atoms with E-state index < -0.39 is 5.60 Å². The third kappa shape index (κ3) is 31.2. The Labute approximate surface area is 521 Å². The zero-order valence-corrected chi connectivity index (χ0v) is 58.5. The number of ether oxygens (including phenoxy) is 3. The van der Waals surface area contributed by atoms with Gasteiger partial charge in [0, 0.05) is 12.0 Å². The van der Waals surface area contributed by atoms with E-state index in [-0.39, 0.29) is 23.3 Å². The van der Waals surface area contributed by atoms with E-state index in [0.717, 1.165) is 59.5 Å². The maximum atomic E-state index is 13.7. The van der Waals surface area contributed by atoms with Crippen LogP contribution in [0, 0.1) is 24.1 Å². The molecule has 0 aliphatic carbocycles. The van der Waals surface area contributed by atoms with Gasteiger partial charge in [0.25, 0.3) is 0 Å². The summed E-state index contributed by atoms with van der Waals surface area (Å²) in [5.41, 5.74) is 12.9. The van der Waals surface area contributed by atoms with Gasteiger partial charge < -0.3 is 24.4 Å². The van der Waals surface area contributed by atoms with E-state index in [1.165, 1.54) is 44.5 Å². The Balaban J connectivity index is 0.000000510. The quantitative estimate of drug-likeness (QED) is 0.0898. The second-order valence-electron chi connectivity index (χ2n) is 28.1. The van der Waals surface area contributed by atoms with Crippen molar-refractivity contribution in [3.05, 3.63) is 194 Å². The van der Waals surface area contributed by atoms with E-state index in [4.69, 9.17) is 19.3 Å². The van der Waals surface area contributed by atoms with Gasteiger partial charge in [-0.1, -0.05) is 249 Å². The van der Waals surface area contributed by atoms with Crippen LogP contribution in [0.4, 0.5) is 4.39 Å². The molecular weight excluding hydrogens is 1050 g/mol.